The summed E-state index contributed by atoms with van der Waals surface area (Å²) in [7, 11) is 0. The number of esters is 1. The highest BCUT2D eigenvalue weighted by Crippen LogP contribution is 2.44. The minimum absolute atomic E-state index is 0.0592. The molecule has 1 aliphatic heterocycles. The van der Waals surface area contributed by atoms with Crippen LogP contribution in [0, 0.1) is 0 Å². The van der Waals surface area contributed by atoms with E-state index in [0.717, 1.165) is 4.90 Å². The number of imide groups is 1. The molecule has 0 aliphatic carbocycles. The van der Waals surface area contributed by atoms with Gasteiger partial charge in [0.1, 0.15) is 0 Å². The molecular weight excluding hydrogens is 568 g/mol. The summed E-state index contributed by atoms with van der Waals surface area (Å²) in [6, 6.07) is 6.45. The van der Waals surface area contributed by atoms with Crippen molar-refractivity contribution in [2.75, 3.05) is 23.8 Å². The van der Waals surface area contributed by atoms with E-state index >= 15 is 0 Å². The Labute approximate surface area is 232 Å². The van der Waals surface area contributed by atoms with Crippen LogP contribution in [0.15, 0.2) is 24.3 Å². The average molecular weight is 589 g/mol. The topological polar surface area (TPSA) is 122 Å². The molecular formula is C24H21Cl4N3O6. The lowest BCUT2D eigenvalue weighted by atomic mass is 10.1. The fraction of sp³-hybridized carbons (Fsp3) is 0.292. The van der Waals surface area contributed by atoms with Crippen molar-refractivity contribution in [3.8, 4) is 0 Å². The maximum atomic E-state index is 12.7. The molecule has 9 nitrogen and oxygen atoms in total. The van der Waals surface area contributed by atoms with Gasteiger partial charge in [-0.1, -0.05) is 52.8 Å². The van der Waals surface area contributed by atoms with Gasteiger partial charge in [0.05, 0.1) is 31.2 Å². The van der Waals surface area contributed by atoms with Crippen LogP contribution in [0.2, 0.25) is 20.1 Å². The lowest BCUT2D eigenvalue weighted by Crippen LogP contribution is -2.30. The zero-order chi connectivity index (χ0) is 27.3. The zero-order valence-corrected chi connectivity index (χ0v) is 22.5. The fourth-order valence-electron chi connectivity index (χ4n) is 3.57. The number of hydrogen-bond acceptors (Lipinski definition) is 6. The lowest BCUT2D eigenvalue weighted by molar-refractivity contribution is -0.147. The largest absolute Gasteiger partial charge is 0.456 e. The van der Waals surface area contributed by atoms with Gasteiger partial charge < -0.3 is 15.4 Å². The minimum Gasteiger partial charge on any atom is -0.456 e. The Balaban J connectivity index is 1.37. The molecule has 0 unspecified atom stereocenters. The van der Waals surface area contributed by atoms with E-state index in [1.807, 2.05) is 0 Å². The zero-order valence-electron chi connectivity index (χ0n) is 19.5. The number of ether oxygens (including phenoxy) is 1. The van der Waals surface area contributed by atoms with E-state index in [2.05, 4.69) is 10.6 Å². The van der Waals surface area contributed by atoms with Crippen molar-refractivity contribution < 1.29 is 28.7 Å². The summed E-state index contributed by atoms with van der Waals surface area (Å²) < 4.78 is 4.98. The maximum Gasteiger partial charge on any atom is 0.306 e. The van der Waals surface area contributed by atoms with Gasteiger partial charge in [-0.15, -0.1) is 0 Å². The Morgan fingerprint density at radius 3 is 1.81 bits per heavy atom. The number of carbonyl (C=O) groups excluding carboxylic acids is 5. The number of hydrogen-bond donors (Lipinski definition) is 2. The van der Waals surface area contributed by atoms with Crippen LogP contribution in [0.4, 0.5) is 11.4 Å². The van der Waals surface area contributed by atoms with E-state index in [1.165, 1.54) is 6.92 Å². The van der Waals surface area contributed by atoms with Gasteiger partial charge in [-0.2, -0.15) is 0 Å². The predicted octanol–water partition coefficient (Wildman–Crippen LogP) is 5.60. The van der Waals surface area contributed by atoms with Crippen molar-refractivity contribution in [3.63, 3.8) is 0 Å². The molecule has 196 valence electrons. The van der Waals surface area contributed by atoms with E-state index in [-0.39, 0.29) is 50.1 Å². The molecule has 3 rings (SSSR count). The summed E-state index contributed by atoms with van der Waals surface area (Å²) in [5, 5.41) is 4.75. The van der Waals surface area contributed by atoms with Crippen molar-refractivity contribution in [2.45, 2.75) is 32.6 Å². The third kappa shape index (κ3) is 6.93. The molecule has 0 bridgehead atoms. The Morgan fingerprint density at radius 1 is 0.784 bits per heavy atom. The minimum atomic E-state index is -0.611. The van der Waals surface area contributed by atoms with Crippen molar-refractivity contribution in [2.24, 2.45) is 0 Å². The van der Waals surface area contributed by atoms with E-state index < -0.39 is 30.3 Å². The predicted molar refractivity (Wildman–Crippen MR) is 141 cm³/mol. The number of rotatable bonds is 10. The van der Waals surface area contributed by atoms with Crippen molar-refractivity contribution in [3.05, 3.63) is 55.5 Å². The number of anilines is 2. The Kier molecular flexibility index (Phi) is 9.78. The second kappa shape index (κ2) is 12.6. The summed E-state index contributed by atoms with van der Waals surface area (Å²) in [6.45, 7) is 1.03. The van der Waals surface area contributed by atoms with Crippen LogP contribution in [-0.4, -0.2) is 47.6 Å². The highest BCUT2D eigenvalue weighted by molar-refractivity contribution is 6.55. The lowest BCUT2D eigenvalue weighted by Gasteiger charge is -2.13. The molecule has 2 aromatic carbocycles. The summed E-state index contributed by atoms with van der Waals surface area (Å²) >= 11 is 24.2. The first-order valence-electron chi connectivity index (χ1n) is 11.1. The highest BCUT2D eigenvalue weighted by atomic mass is 35.5. The molecule has 2 aromatic rings. The van der Waals surface area contributed by atoms with Gasteiger partial charge in [0, 0.05) is 31.3 Å². The molecule has 1 heterocycles. The first-order valence-corrected chi connectivity index (χ1v) is 12.6. The van der Waals surface area contributed by atoms with Gasteiger partial charge in [0.15, 0.2) is 6.61 Å². The second-order valence-electron chi connectivity index (χ2n) is 8.05. The number of halogens is 4. The molecule has 13 heteroatoms. The van der Waals surface area contributed by atoms with E-state index in [1.54, 1.807) is 24.3 Å². The van der Waals surface area contributed by atoms with Gasteiger partial charge in [-0.3, -0.25) is 28.9 Å². The average Bonchev–Trinajstić information content (AvgIpc) is 3.10. The van der Waals surface area contributed by atoms with Crippen LogP contribution in [0.25, 0.3) is 0 Å². The van der Waals surface area contributed by atoms with Gasteiger partial charge >= 0.3 is 5.97 Å². The van der Waals surface area contributed by atoms with Gasteiger partial charge in [0.2, 0.25) is 5.91 Å². The number of unbranched alkanes of at least 4 members (excludes halogenated alkanes) is 2. The first kappa shape index (κ1) is 28.7. The van der Waals surface area contributed by atoms with Crippen LogP contribution < -0.4 is 10.6 Å². The molecule has 0 saturated heterocycles. The van der Waals surface area contributed by atoms with Crippen LogP contribution in [0.1, 0.15) is 53.3 Å². The quantitative estimate of drug-likeness (QED) is 0.122. The molecule has 0 saturated carbocycles. The molecule has 37 heavy (non-hydrogen) atoms. The smallest absolute Gasteiger partial charge is 0.306 e. The normalized spacial score (nSPS) is 12.4. The molecule has 0 radical (unpaired) electrons. The number of benzene rings is 2. The summed E-state index contributed by atoms with van der Waals surface area (Å²) in [5.74, 6) is -2.50. The van der Waals surface area contributed by atoms with E-state index in [4.69, 9.17) is 51.1 Å². The van der Waals surface area contributed by atoms with Crippen LogP contribution in [0.5, 0.6) is 0 Å². The van der Waals surface area contributed by atoms with Gasteiger partial charge in [-0.05, 0) is 37.1 Å². The maximum absolute atomic E-state index is 12.7. The number of nitrogens with zero attached hydrogens (tertiary/aromatic N) is 1. The molecule has 0 atom stereocenters. The number of nitrogens with one attached hydrogen (secondary N) is 2. The monoisotopic (exact) mass is 587 g/mol. The molecule has 0 spiro atoms. The summed E-state index contributed by atoms with van der Waals surface area (Å²) in [5.41, 5.74) is 0.921. The van der Waals surface area contributed by atoms with Gasteiger partial charge in [-0.25, -0.2) is 0 Å². The third-order valence-electron chi connectivity index (χ3n) is 5.30. The van der Waals surface area contributed by atoms with E-state index in [0.29, 0.717) is 30.6 Å². The molecule has 0 aromatic heterocycles. The summed E-state index contributed by atoms with van der Waals surface area (Å²) in [4.78, 5) is 61.3. The van der Waals surface area contributed by atoms with Crippen molar-refractivity contribution >= 4 is 87.4 Å². The van der Waals surface area contributed by atoms with Crippen LogP contribution in [-0.2, 0) is 19.1 Å². The standard InChI is InChI=1S/C24H21Cl4N3O6/c1-12(32)29-13-6-8-14(9-7-13)30-15(33)11-37-16(34)5-3-2-4-10-31-23(35)17-18(24(31)36)20(26)22(28)21(27)19(17)25/h6-9H,2-5,10-11H2,1H3,(H,29,32)(H,30,33). The number of fused-ring (bicyclic) bond motifs is 1. The summed E-state index contributed by atoms with van der Waals surface area (Å²) in [6.07, 6.45) is 1.42. The molecule has 4 amide bonds. The molecule has 0 fully saturated rings. The van der Waals surface area contributed by atoms with Crippen LogP contribution in [0.3, 0.4) is 0 Å². The second-order valence-corrected chi connectivity index (χ2v) is 9.56. The van der Waals surface area contributed by atoms with E-state index in [9.17, 15) is 24.0 Å². The molecule has 1 aliphatic rings. The van der Waals surface area contributed by atoms with Gasteiger partial charge in [0.25, 0.3) is 17.7 Å². The van der Waals surface area contributed by atoms with Crippen molar-refractivity contribution in [1.29, 1.82) is 0 Å². The molecule has 2 N–H and O–H groups in total. The number of amides is 4. The third-order valence-corrected chi connectivity index (χ3v) is 7.10. The Hall–Kier alpha value is -2.85. The Bertz CT molecular complexity index is 1220. The van der Waals surface area contributed by atoms with Crippen LogP contribution >= 0.6 is 46.4 Å². The number of carbonyl (C=O) groups is 5. The highest BCUT2D eigenvalue weighted by Gasteiger charge is 2.41. The Morgan fingerprint density at radius 2 is 1.30 bits per heavy atom. The van der Waals surface area contributed by atoms with Crippen molar-refractivity contribution in [1.82, 2.24) is 4.90 Å². The fourth-order valence-corrected chi connectivity index (χ4v) is 4.58. The first-order chi connectivity index (χ1) is 17.5. The SMILES string of the molecule is CC(=O)Nc1ccc(NC(=O)COC(=O)CCCCCN2C(=O)c3c(Cl)c(Cl)c(Cl)c(Cl)c3C2=O)cc1.